The van der Waals surface area contributed by atoms with Crippen molar-refractivity contribution in [2.75, 3.05) is 18.4 Å². The number of benzene rings is 2. The van der Waals surface area contributed by atoms with Gasteiger partial charge in [-0.3, -0.25) is 4.90 Å². The summed E-state index contributed by atoms with van der Waals surface area (Å²) in [6.45, 7) is 3.31. The molecule has 2 aromatic heterocycles. The Labute approximate surface area is 187 Å². The van der Waals surface area contributed by atoms with Crippen molar-refractivity contribution >= 4 is 33.1 Å². The Bertz CT molecular complexity index is 1230. The van der Waals surface area contributed by atoms with Crippen molar-refractivity contribution in [2.24, 2.45) is 0 Å². The molecular weight excluding hydrogens is 433 g/mol. The lowest BCUT2D eigenvalue weighted by atomic mass is 10.1. The molecule has 8 heteroatoms. The van der Waals surface area contributed by atoms with Crippen LogP contribution in [0.25, 0.3) is 20.7 Å². The number of anilines is 2. The van der Waals surface area contributed by atoms with Crippen LogP contribution in [0.3, 0.4) is 0 Å². The number of alkyl halides is 3. The lowest BCUT2D eigenvalue weighted by Crippen LogP contribution is -2.18. The molecule has 0 bridgehead atoms. The first kappa shape index (κ1) is 20.9. The van der Waals surface area contributed by atoms with Crippen LogP contribution in [-0.2, 0) is 12.7 Å². The van der Waals surface area contributed by atoms with Crippen molar-refractivity contribution < 1.29 is 13.2 Å². The van der Waals surface area contributed by atoms with E-state index in [2.05, 4.69) is 44.5 Å². The Morgan fingerprint density at radius 1 is 0.969 bits per heavy atom. The van der Waals surface area contributed by atoms with E-state index in [4.69, 9.17) is 0 Å². The van der Waals surface area contributed by atoms with Gasteiger partial charge in [-0.15, -0.1) is 11.3 Å². The van der Waals surface area contributed by atoms with Gasteiger partial charge in [-0.05, 0) is 61.3 Å². The maximum absolute atomic E-state index is 13.0. The van der Waals surface area contributed by atoms with Gasteiger partial charge >= 0.3 is 6.18 Å². The van der Waals surface area contributed by atoms with Gasteiger partial charge in [0, 0.05) is 17.1 Å². The van der Waals surface area contributed by atoms with E-state index in [0.29, 0.717) is 11.5 Å². The number of hydrogen-bond donors (Lipinski definition) is 1. The highest BCUT2D eigenvalue weighted by atomic mass is 32.1. The third kappa shape index (κ3) is 4.47. The van der Waals surface area contributed by atoms with Crippen LogP contribution in [0.5, 0.6) is 0 Å². The van der Waals surface area contributed by atoms with E-state index in [0.717, 1.165) is 39.3 Å². The maximum atomic E-state index is 13.0. The van der Waals surface area contributed by atoms with Crippen molar-refractivity contribution in [2.45, 2.75) is 25.6 Å². The summed E-state index contributed by atoms with van der Waals surface area (Å²) in [7, 11) is 0. The predicted octanol–water partition coefficient (Wildman–Crippen LogP) is 6.72. The van der Waals surface area contributed by atoms with Gasteiger partial charge in [0.25, 0.3) is 0 Å². The van der Waals surface area contributed by atoms with Crippen molar-refractivity contribution in [1.29, 1.82) is 0 Å². The number of nitrogens with zero attached hydrogens (tertiary/aromatic N) is 3. The van der Waals surface area contributed by atoms with Crippen molar-refractivity contribution in [3.05, 3.63) is 72.1 Å². The molecule has 1 saturated heterocycles. The molecule has 0 atom stereocenters. The molecule has 32 heavy (non-hydrogen) atoms. The zero-order valence-electron chi connectivity index (χ0n) is 17.2. The molecule has 1 aliphatic rings. The normalized spacial score (nSPS) is 14.8. The summed E-state index contributed by atoms with van der Waals surface area (Å²) in [6.07, 6.45) is -0.417. The zero-order valence-corrected chi connectivity index (χ0v) is 18.0. The molecule has 0 aliphatic carbocycles. The average molecular weight is 455 g/mol. The fourth-order valence-electron chi connectivity index (χ4n) is 3.97. The van der Waals surface area contributed by atoms with E-state index >= 15 is 0 Å². The number of aromatic nitrogens is 2. The molecule has 164 valence electrons. The van der Waals surface area contributed by atoms with Crippen LogP contribution in [0.2, 0.25) is 0 Å². The topological polar surface area (TPSA) is 41.1 Å². The lowest BCUT2D eigenvalue weighted by molar-refractivity contribution is -0.137. The summed E-state index contributed by atoms with van der Waals surface area (Å²) in [6, 6.07) is 15.7. The molecule has 1 fully saturated rings. The molecule has 4 aromatic rings. The van der Waals surface area contributed by atoms with Gasteiger partial charge in [0.2, 0.25) is 0 Å². The monoisotopic (exact) mass is 454 g/mol. The molecule has 1 aliphatic heterocycles. The summed E-state index contributed by atoms with van der Waals surface area (Å²) >= 11 is 1.52. The second-order valence-corrected chi connectivity index (χ2v) is 8.98. The van der Waals surface area contributed by atoms with Gasteiger partial charge in [-0.25, -0.2) is 9.97 Å². The highest BCUT2D eigenvalue weighted by molar-refractivity contribution is 7.22. The highest BCUT2D eigenvalue weighted by Crippen LogP contribution is 2.37. The Hall–Kier alpha value is -2.97. The number of halogens is 3. The number of thiophene rings is 1. The minimum absolute atomic E-state index is 0.334. The third-order valence-electron chi connectivity index (χ3n) is 5.61. The molecule has 0 spiro atoms. The molecule has 3 heterocycles. The summed E-state index contributed by atoms with van der Waals surface area (Å²) in [4.78, 5) is 12.1. The predicted molar refractivity (Wildman–Crippen MR) is 122 cm³/mol. The zero-order chi connectivity index (χ0) is 22.1. The first-order valence-electron chi connectivity index (χ1n) is 10.5. The first-order valence-corrected chi connectivity index (χ1v) is 11.3. The fourth-order valence-corrected chi connectivity index (χ4v) is 5.03. The van der Waals surface area contributed by atoms with E-state index in [9.17, 15) is 13.2 Å². The summed E-state index contributed by atoms with van der Waals surface area (Å²) in [5, 5.41) is 3.03. The van der Waals surface area contributed by atoms with E-state index < -0.39 is 11.7 Å². The van der Waals surface area contributed by atoms with E-state index in [1.54, 1.807) is 6.07 Å². The van der Waals surface area contributed by atoms with Gasteiger partial charge in [-0.1, -0.05) is 30.3 Å². The number of likely N-dealkylation sites (tertiary alicyclic amines) is 1. The average Bonchev–Trinajstić information content (AvgIpc) is 3.44. The summed E-state index contributed by atoms with van der Waals surface area (Å²) in [5.41, 5.74) is 2.77. The minimum Gasteiger partial charge on any atom is -0.339 e. The van der Waals surface area contributed by atoms with E-state index in [1.165, 1.54) is 55.2 Å². The van der Waals surface area contributed by atoms with E-state index in [1.807, 2.05) is 6.07 Å². The highest BCUT2D eigenvalue weighted by Gasteiger charge is 2.30. The van der Waals surface area contributed by atoms with Gasteiger partial charge in [0.15, 0.2) is 5.82 Å². The molecule has 4 nitrogen and oxygen atoms in total. The number of fused-ring (bicyclic) bond motifs is 1. The first-order chi connectivity index (χ1) is 15.5. The summed E-state index contributed by atoms with van der Waals surface area (Å²) in [5.74, 6) is 0.497. The number of rotatable bonds is 5. The Balaban J connectivity index is 1.40. The van der Waals surface area contributed by atoms with Gasteiger partial charge in [0.05, 0.1) is 15.8 Å². The molecule has 0 amide bonds. The molecule has 0 saturated carbocycles. The van der Waals surface area contributed by atoms with Crippen LogP contribution in [0.15, 0.2) is 60.9 Å². The third-order valence-corrected chi connectivity index (χ3v) is 6.79. The fraction of sp³-hybridized carbons (Fsp3) is 0.250. The Kier molecular flexibility index (Phi) is 5.57. The van der Waals surface area contributed by atoms with Crippen molar-refractivity contribution in [3.8, 4) is 10.4 Å². The van der Waals surface area contributed by atoms with Crippen LogP contribution >= 0.6 is 11.3 Å². The molecule has 0 unspecified atom stereocenters. The van der Waals surface area contributed by atoms with Gasteiger partial charge in [0.1, 0.15) is 6.33 Å². The standard InChI is InChI=1S/C24H21F3N4S/c25-24(26,27)18-4-3-5-19(12-18)30-23-22-20(28-15-29-23)13-21(32-22)17-8-6-16(7-9-17)14-31-10-1-2-11-31/h3-9,12-13,15H,1-2,10-11,14H2,(H,28,29,30). The second kappa shape index (κ2) is 8.52. The Morgan fingerprint density at radius 2 is 1.75 bits per heavy atom. The second-order valence-electron chi connectivity index (χ2n) is 7.93. The largest absolute Gasteiger partial charge is 0.416 e. The Morgan fingerprint density at radius 3 is 2.50 bits per heavy atom. The van der Waals surface area contributed by atoms with Crippen molar-refractivity contribution in [1.82, 2.24) is 14.9 Å². The van der Waals surface area contributed by atoms with Crippen LogP contribution < -0.4 is 5.32 Å². The number of nitrogens with one attached hydrogen (secondary N) is 1. The molecule has 0 radical (unpaired) electrons. The smallest absolute Gasteiger partial charge is 0.339 e. The maximum Gasteiger partial charge on any atom is 0.416 e. The molecule has 1 N–H and O–H groups in total. The quantitative estimate of drug-likeness (QED) is 0.364. The summed E-state index contributed by atoms with van der Waals surface area (Å²) < 4.78 is 39.9. The van der Waals surface area contributed by atoms with Gasteiger partial charge < -0.3 is 5.32 Å². The van der Waals surface area contributed by atoms with E-state index in [-0.39, 0.29) is 0 Å². The van der Waals surface area contributed by atoms with Crippen molar-refractivity contribution in [3.63, 3.8) is 0 Å². The van der Waals surface area contributed by atoms with Gasteiger partial charge in [-0.2, -0.15) is 13.2 Å². The molecule has 5 rings (SSSR count). The SMILES string of the molecule is FC(F)(F)c1cccc(Nc2ncnc3cc(-c4ccc(CN5CCCC5)cc4)sc23)c1. The number of hydrogen-bond acceptors (Lipinski definition) is 5. The lowest BCUT2D eigenvalue weighted by Gasteiger charge is -2.14. The van der Waals surface area contributed by atoms with Crippen LogP contribution in [0.1, 0.15) is 24.0 Å². The molecule has 2 aromatic carbocycles. The van der Waals surface area contributed by atoms with Crippen LogP contribution in [0.4, 0.5) is 24.7 Å². The molecular formula is C24H21F3N4S. The minimum atomic E-state index is -4.39. The van der Waals surface area contributed by atoms with Crippen LogP contribution in [-0.4, -0.2) is 28.0 Å². The van der Waals surface area contributed by atoms with Crippen LogP contribution in [0, 0.1) is 0 Å².